The summed E-state index contributed by atoms with van der Waals surface area (Å²) in [6.07, 6.45) is 8.24. The van der Waals surface area contributed by atoms with Crippen molar-refractivity contribution in [3.63, 3.8) is 0 Å². The van der Waals surface area contributed by atoms with Crippen molar-refractivity contribution in [1.82, 2.24) is 10.3 Å². The van der Waals surface area contributed by atoms with Crippen LogP contribution in [0.5, 0.6) is 0 Å². The molecule has 1 aromatic heterocycles. The van der Waals surface area contributed by atoms with Crippen LogP contribution in [0.2, 0.25) is 0 Å². The minimum Gasteiger partial charge on any atom is -0.310 e. The summed E-state index contributed by atoms with van der Waals surface area (Å²) in [5.74, 6) is 0. The molecule has 0 amide bonds. The lowest BCUT2D eigenvalue weighted by atomic mass is 10.1. The standard InChI is InChI=1S/C14H22N2/c1-4-7-16-14(9-12(2)3)10-13-6-5-8-15-11-13/h5-6,8-9,11,14,16H,4,7,10H2,1-3H3. The van der Waals surface area contributed by atoms with Crippen molar-refractivity contribution >= 4 is 0 Å². The maximum absolute atomic E-state index is 4.15. The second-order valence-electron chi connectivity index (χ2n) is 4.37. The molecule has 2 heteroatoms. The maximum atomic E-state index is 4.15. The Morgan fingerprint density at radius 2 is 2.31 bits per heavy atom. The molecule has 16 heavy (non-hydrogen) atoms. The van der Waals surface area contributed by atoms with E-state index in [-0.39, 0.29) is 0 Å². The quantitative estimate of drug-likeness (QED) is 0.743. The molecule has 0 saturated carbocycles. The molecule has 0 aliphatic heterocycles. The van der Waals surface area contributed by atoms with Crippen molar-refractivity contribution in [2.24, 2.45) is 0 Å². The first-order valence-corrected chi connectivity index (χ1v) is 5.99. The summed E-state index contributed by atoms with van der Waals surface area (Å²) in [6, 6.07) is 4.55. The number of hydrogen-bond donors (Lipinski definition) is 1. The summed E-state index contributed by atoms with van der Waals surface area (Å²) >= 11 is 0. The van der Waals surface area contributed by atoms with E-state index in [9.17, 15) is 0 Å². The SMILES string of the molecule is CCCNC(C=C(C)C)Cc1cccnc1. The molecular weight excluding hydrogens is 196 g/mol. The van der Waals surface area contributed by atoms with Gasteiger partial charge in [0.25, 0.3) is 0 Å². The van der Waals surface area contributed by atoms with E-state index in [0.29, 0.717) is 6.04 Å². The number of rotatable bonds is 6. The first kappa shape index (κ1) is 12.9. The third-order valence-electron chi connectivity index (χ3n) is 2.37. The number of nitrogens with zero attached hydrogens (tertiary/aromatic N) is 1. The van der Waals surface area contributed by atoms with Gasteiger partial charge in [0.05, 0.1) is 0 Å². The number of nitrogens with one attached hydrogen (secondary N) is 1. The maximum Gasteiger partial charge on any atom is 0.0300 e. The Kier molecular flexibility index (Phi) is 5.79. The van der Waals surface area contributed by atoms with Gasteiger partial charge < -0.3 is 5.32 Å². The molecular formula is C14H22N2. The number of hydrogen-bond acceptors (Lipinski definition) is 2. The number of pyridine rings is 1. The lowest BCUT2D eigenvalue weighted by molar-refractivity contribution is 0.581. The molecule has 88 valence electrons. The van der Waals surface area contributed by atoms with E-state index in [2.05, 4.69) is 43.2 Å². The van der Waals surface area contributed by atoms with Crippen LogP contribution in [0.4, 0.5) is 0 Å². The molecule has 1 atom stereocenters. The first-order valence-electron chi connectivity index (χ1n) is 5.99. The summed E-state index contributed by atoms with van der Waals surface area (Å²) in [5, 5.41) is 3.55. The van der Waals surface area contributed by atoms with Crippen LogP contribution in [-0.2, 0) is 6.42 Å². The minimum atomic E-state index is 0.425. The topological polar surface area (TPSA) is 24.9 Å². The molecule has 1 aromatic rings. The average Bonchev–Trinajstić information content (AvgIpc) is 2.26. The average molecular weight is 218 g/mol. The van der Waals surface area contributed by atoms with E-state index in [1.54, 1.807) is 0 Å². The van der Waals surface area contributed by atoms with Gasteiger partial charge in [-0.2, -0.15) is 0 Å². The van der Waals surface area contributed by atoms with E-state index in [4.69, 9.17) is 0 Å². The van der Waals surface area contributed by atoms with Gasteiger partial charge in [-0.15, -0.1) is 0 Å². The summed E-state index contributed by atoms with van der Waals surface area (Å²) in [4.78, 5) is 4.15. The second-order valence-corrected chi connectivity index (χ2v) is 4.37. The molecule has 1 rings (SSSR count). The molecule has 0 spiro atoms. The van der Waals surface area contributed by atoms with E-state index in [0.717, 1.165) is 13.0 Å². The molecule has 1 N–H and O–H groups in total. The predicted molar refractivity (Wildman–Crippen MR) is 69.5 cm³/mol. The lowest BCUT2D eigenvalue weighted by Crippen LogP contribution is -2.30. The molecule has 1 heterocycles. The monoisotopic (exact) mass is 218 g/mol. The van der Waals surface area contributed by atoms with Gasteiger partial charge in [-0.25, -0.2) is 0 Å². The third-order valence-corrected chi connectivity index (χ3v) is 2.37. The Hall–Kier alpha value is -1.15. The highest BCUT2D eigenvalue weighted by Crippen LogP contribution is 2.05. The van der Waals surface area contributed by atoms with Gasteiger partial charge in [0.2, 0.25) is 0 Å². The summed E-state index contributed by atoms with van der Waals surface area (Å²) in [7, 11) is 0. The number of allylic oxidation sites excluding steroid dienone is 1. The van der Waals surface area contributed by atoms with Gasteiger partial charge >= 0.3 is 0 Å². The second kappa shape index (κ2) is 7.18. The Balaban J connectivity index is 2.59. The zero-order valence-electron chi connectivity index (χ0n) is 10.5. The third kappa shape index (κ3) is 5.08. The summed E-state index contributed by atoms with van der Waals surface area (Å²) < 4.78 is 0. The Labute approximate surface area is 98.8 Å². The van der Waals surface area contributed by atoms with Crippen molar-refractivity contribution in [2.45, 2.75) is 39.7 Å². The zero-order valence-corrected chi connectivity index (χ0v) is 10.5. The van der Waals surface area contributed by atoms with Crippen LogP contribution < -0.4 is 5.32 Å². The lowest BCUT2D eigenvalue weighted by Gasteiger charge is -2.15. The largest absolute Gasteiger partial charge is 0.310 e. The van der Waals surface area contributed by atoms with Crippen LogP contribution in [0.3, 0.4) is 0 Å². The van der Waals surface area contributed by atoms with E-state index >= 15 is 0 Å². The fourth-order valence-corrected chi connectivity index (χ4v) is 1.69. The zero-order chi connectivity index (χ0) is 11.8. The van der Waals surface area contributed by atoms with Crippen LogP contribution >= 0.6 is 0 Å². The van der Waals surface area contributed by atoms with E-state index in [1.165, 1.54) is 17.6 Å². The van der Waals surface area contributed by atoms with Crippen LogP contribution in [-0.4, -0.2) is 17.6 Å². The summed E-state index contributed by atoms with van der Waals surface area (Å²) in [6.45, 7) is 7.54. The van der Waals surface area contributed by atoms with E-state index < -0.39 is 0 Å². The fourth-order valence-electron chi connectivity index (χ4n) is 1.69. The molecule has 0 bridgehead atoms. The van der Waals surface area contributed by atoms with Crippen LogP contribution in [0.15, 0.2) is 36.2 Å². The number of aromatic nitrogens is 1. The van der Waals surface area contributed by atoms with Crippen molar-refractivity contribution in [1.29, 1.82) is 0 Å². The molecule has 0 aliphatic rings. The first-order chi connectivity index (χ1) is 7.72. The fraction of sp³-hybridized carbons (Fsp3) is 0.500. The van der Waals surface area contributed by atoms with Gasteiger partial charge in [0.15, 0.2) is 0 Å². The molecule has 1 unspecified atom stereocenters. The molecule has 0 saturated heterocycles. The van der Waals surface area contributed by atoms with Gasteiger partial charge in [-0.1, -0.05) is 24.6 Å². The van der Waals surface area contributed by atoms with Crippen molar-refractivity contribution < 1.29 is 0 Å². The van der Waals surface area contributed by atoms with Crippen molar-refractivity contribution in [2.75, 3.05) is 6.54 Å². The Bertz CT molecular complexity index is 313. The highest BCUT2D eigenvalue weighted by Gasteiger charge is 2.05. The van der Waals surface area contributed by atoms with Crippen molar-refractivity contribution in [3.8, 4) is 0 Å². The molecule has 0 fully saturated rings. The molecule has 0 aromatic carbocycles. The highest BCUT2D eigenvalue weighted by molar-refractivity contribution is 5.14. The van der Waals surface area contributed by atoms with Gasteiger partial charge in [0.1, 0.15) is 0 Å². The molecule has 0 aliphatic carbocycles. The van der Waals surface area contributed by atoms with Gasteiger partial charge in [-0.05, 0) is 44.9 Å². The highest BCUT2D eigenvalue weighted by atomic mass is 14.9. The predicted octanol–water partition coefficient (Wildman–Crippen LogP) is 2.96. The van der Waals surface area contributed by atoms with E-state index in [1.807, 2.05) is 18.5 Å². The minimum absolute atomic E-state index is 0.425. The van der Waals surface area contributed by atoms with Crippen molar-refractivity contribution in [3.05, 3.63) is 41.7 Å². The molecule has 2 nitrogen and oxygen atoms in total. The van der Waals surface area contributed by atoms with Gasteiger partial charge in [-0.3, -0.25) is 4.98 Å². The van der Waals surface area contributed by atoms with Crippen LogP contribution in [0, 0.1) is 0 Å². The smallest absolute Gasteiger partial charge is 0.0300 e. The normalized spacial score (nSPS) is 12.2. The molecule has 0 radical (unpaired) electrons. The van der Waals surface area contributed by atoms with Crippen LogP contribution in [0.25, 0.3) is 0 Å². The van der Waals surface area contributed by atoms with Gasteiger partial charge in [0, 0.05) is 18.4 Å². The van der Waals surface area contributed by atoms with Crippen LogP contribution in [0.1, 0.15) is 32.8 Å². The summed E-state index contributed by atoms with van der Waals surface area (Å²) in [5.41, 5.74) is 2.64. The Morgan fingerprint density at radius 3 is 2.88 bits per heavy atom. The Morgan fingerprint density at radius 1 is 1.50 bits per heavy atom.